The van der Waals surface area contributed by atoms with Crippen molar-refractivity contribution >= 4 is 35.8 Å². The maximum Gasteiger partial charge on any atom is 0.270 e. The van der Waals surface area contributed by atoms with Crippen molar-refractivity contribution in [3.8, 4) is 17.3 Å². The van der Waals surface area contributed by atoms with Crippen LogP contribution in [0.5, 0.6) is 5.88 Å². The summed E-state index contributed by atoms with van der Waals surface area (Å²) in [6.45, 7) is 4.01. The zero-order valence-corrected chi connectivity index (χ0v) is 19.0. The second-order valence-corrected chi connectivity index (χ2v) is 8.34. The van der Waals surface area contributed by atoms with E-state index < -0.39 is 5.56 Å². The number of aryl methyl sites for hydroxylation is 2. The summed E-state index contributed by atoms with van der Waals surface area (Å²) in [6, 6.07) is 22.8. The Labute approximate surface area is 196 Å². The summed E-state index contributed by atoms with van der Waals surface area (Å²) in [5, 5.41) is 11.3. The number of para-hydroxylation sites is 2. The molecule has 0 unspecified atom stereocenters. The number of aromatic nitrogens is 2. The number of allylic oxidation sites excluding steroid dienone is 1. The van der Waals surface area contributed by atoms with Gasteiger partial charge in [0.05, 0.1) is 17.1 Å². The van der Waals surface area contributed by atoms with Gasteiger partial charge in [-0.15, -0.1) is 0 Å². The Morgan fingerprint density at radius 2 is 1.61 bits per heavy atom. The third-order valence-electron chi connectivity index (χ3n) is 5.89. The van der Waals surface area contributed by atoms with Crippen molar-refractivity contribution in [3.05, 3.63) is 110 Å². The lowest BCUT2D eigenvalue weighted by Crippen LogP contribution is -2.26. The number of nitrogens with zero attached hydrogens (tertiary/aromatic N) is 3. The molecule has 0 fully saturated rings. The quantitative estimate of drug-likeness (QED) is 0.392. The highest BCUT2D eigenvalue weighted by Gasteiger charge is 2.20. The fraction of sp³-hybridized carbons (Fsp3) is 0.0741. The molecule has 0 saturated heterocycles. The minimum atomic E-state index is -0.391. The zero-order valence-electron chi connectivity index (χ0n) is 18.2. The molecule has 33 heavy (non-hydrogen) atoms. The van der Waals surface area contributed by atoms with Crippen molar-refractivity contribution in [3.63, 3.8) is 0 Å². The lowest BCUT2D eigenvalue weighted by atomic mass is 10.0. The molecule has 1 aromatic heterocycles. The Hall–Kier alpha value is -4.03. The molecule has 6 heteroatoms. The summed E-state index contributed by atoms with van der Waals surface area (Å²) in [5.41, 5.74) is 5.72. The fourth-order valence-corrected chi connectivity index (χ4v) is 4.33. The van der Waals surface area contributed by atoms with Crippen LogP contribution in [-0.4, -0.2) is 20.5 Å². The van der Waals surface area contributed by atoms with Crippen molar-refractivity contribution in [2.24, 2.45) is 4.99 Å². The Balaban J connectivity index is 1.84. The van der Waals surface area contributed by atoms with Gasteiger partial charge in [-0.25, -0.2) is 0 Å². The van der Waals surface area contributed by atoms with Gasteiger partial charge in [0.25, 0.3) is 5.56 Å². The second kappa shape index (κ2) is 8.15. The summed E-state index contributed by atoms with van der Waals surface area (Å²) in [6.07, 6.45) is 3.39. The van der Waals surface area contributed by atoms with Crippen LogP contribution in [0.15, 0.2) is 82.6 Å². The van der Waals surface area contributed by atoms with E-state index in [1.165, 1.54) is 9.13 Å². The van der Waals surface area contributed by atoms with Crippen LogP contribution in [-0.2, 0) is 0 Å². The topological polar surface area (TPSA) is 59.5 Å². The van der Waals surface area contributed by atoms with Gasteiger partial charge in [0.1, 0.15) is 5.56 Å². The molecule has 5 nitrogen and oxygen atoms in total. The molecule has 0 radical (unpaired) electrons. The third-order valence-corrected chi connectivity index (χ3v) is 6.25. The first-order valence-corrected chi connectivity index (χ1v) is 11.0. The number of benzene rings is 3. The first kappa shape index (κ1) is 20.8. The Morgan fingerprint density at radius 3 is 2.36 bits per heavy atom. The van der Waals surface area contributed by atoms with Crippen molar-refractivity contribution in [1.82, 2.24) is 9.13 Å². The monoisotopic (exact) mass is 451 g/mol. The van der Waals surface area contributed by atoms with Crippen LogP contribution in [0.3, 0.4) is 0 Å². The van der Waals surface area contributed by atoms with Gasteiger partial charge in [0.15, 0.2) is 4.77 Å². The number of hydrogen-bond donors (Lipinski definition) is 1. The summed E-state index contributed by atoms with van der Waals surface area (Å²) < 4.78 is 3.18. The zero-order chi connectivity index (χ0) is 23.1. The van der Waals surface area contributed by atoms with Gasteiger partial charge < -0.3 is 5.11 Å². The largest absolute Gasteiger partial charge is 0.494 e. The molecule has 0 amide bonds. The minimum Gasteiger partial charge on any atom is -0.494 e. The van der Waals surface area contributed by atoms with Gasteiger partial charge in [-0.1, -0.05) is 42.5 Å². The standard InChI is InChI=1S/C27H21N3O2S/c1-17-12-13-21(14-18(17)2)30-26(32)23(15-19-16-28-24-11-7-6-10-22(19)24)25(31)29(27(30)33)20-8-4-3-5-9-20/h3-16,31H,1-2H3/b19-15-. The van der Waals surface area contributed by atoms with Crippen LogP contribution >= 0.6 is 12.2 Å². The molecule has 0 aliphatic carbocycles. The van der Waals surface area contributed by atoms with E-state index in [-0.39, 0.29) is 16.2 Å². The Morgan fingerprint density at radius 1 is 0.879 bits per heavy atom. The molecule has 3 aromatic carbocycles. The van der Waals surface area contributed by atoms with E-state index in [2.05, 4.69) is 4.99 Å². The average Bonchev–Trinajstić information content (AvgIpc) is 3.23. The molecular formula is C27H21N3O2S. The average molecular weight is 452 g/mol. The molecule has 5 rings (SSSR count). The molecule has 0 atom stereocenters. The Kier molecular flexibility index (Phi) is 5.15. The molecule has 0 spiro atoms. The summed E-state index contributed by atoms with van der Waals surface area (Å²) in [4.78, 5) is 18.1. The fourth-order valence-electron chi connectivity index (χ4n) is 3.95. The summed E-state index contributed by atoms with van der Waals surface area (Å²) >= 11 is 5.73. The molecule has 0 saturated carbocycles. The maximum atomic E-state index is 13.7. The maximum absolute atomic E-state index is 13.7. The van der Waals surface area contributed by atoms with E-state index in [1.807, 2.05) is 86.6 Å². The molecular weight excluding hydrogens is 430 g/mol. The van der Waals surface area contributed by atoms with Crippen LogP contribution < -0.4 is 5.56 Å². The van der Waals surface area contributed by atoms with Crippen LogP contribution in [0, 0.1) is 18.6 Å². The molecule has 1 aliphatic heterocycles. The number of aliphatic imine (C=N–C) groups is 1. The van der Waals surface area contributed by atoms with Gasteiger partial charge in [0, 0.05) is 17.4 Å². The highest BCUT2D eigenvalue weighted by Crippen LogP contribution is 2.33. The molecule has 4 aromatic rings. The smallest absolute Gasteiger partial charge is 0.270 e. The molecule has 162 valence electrons. The number of hydrogen-bond acceptors (Lipinski definition) is 4. The molecule has 1 N–H and O–H groups in total. The van der Waals surface area contributed by atoms with Crippen LogP contribution in [0.2, 0.25) is 0 Å². The normalized spacial score (nSPS) is 13.5. The first-order chi connectivity index (χ1) is 16.0. The SMILES string of the molecule is Cc1ccc(-n2c(=O)c(/C=C3/C=Nc4ccccc43)c(O)n(-c3ccccc3)c2=S)cc1C. The van der Waals surface area contributed by atoms with E-state index in [0.29, 0.717) is 11.4 Å². The number of fused-ring (bicyclic) bond motifs is 1. The predicted octanol–water partition coefficient (Wildman–Crippen LogP) is 5.94. The van der Waals surface area contributed by atoms with Crippen molar-refractivity contribution < 1.29 is 5.11 Å². The van der Waals surface area contributed by atoms with Crippen LogP contribution in [0.25, 0.3) is 23.0 Å². The van der Waals surface area contributed by atoms with Gasteiger partial charge >= 0.3 is 0 Å². The first-order valence-electron chi connectivity index (χ1n) is 10.5. The number of aromatic hydroxyl groups is 1. The van der Waals surface area contributed by atoms with E-state index in [0.717, 1.165) is 28.0 Å². The van der Waals surface area contributed by atoms with Gasteiger partial charge in [-0.05, 0) is 73.6 Å². The lowest BCUT2D eigenvalue weighted by Gasteiger charge is -2.17. The van der Waals surface area contributed by atoms with Gasteiger partial charge in [-0.3, -0.25) is 18.9 Å². The minimum absolute atomic E-state index is 0.142. The van der Waals surface area contributed by atoms with E-state index >= 15 is 0 Å². The highest BCUT2D eigenvalue weighted by atomic mass is 32.1. The van der Waals surface area contributed by atoms with Crippen molar-refractivity contribution in [1.29, 1.82) is 0 Å². The predicted molar refractivity (Wildman–Crippen MR) is 136 cm³/mol. The van der Waals surface area contributed by atoms with Crippen LogP contribution in [0.1, 0.15) is 22.3 Å². The van der Waals surface area contributed by atoms with E-state index in [4.69, 9.17) is 12.2 Å². The summed E-state index contributed by atoms with van der Waals surface area (Å²) in [7, 11) is 0. The highest BCUT2D eigenvalue weighted by molar-refractivity contribution is 7.71. The molecule has 2 heterocycles. The van der Waals surface area contributed by atoms with Crippen molar-refractivity contribution in [2.75, 3.05) is 0 Å². The third kappa shape index (κ3) is 3.54. The lowest BCUT2D eigenvalue weighted by molar-refractivity contribution is 0.429. The van der Waals surface area contributed by atoms with Crippen LogP contribution in [0.4, 0.5) is 5.69 Å². The molecule has 0 bridgehead atoms. The van der Waals surface area contributed by atoms with E-state index in [1.54, 1.807) is 12.3 Å². The summed E-state index contributed by atoms with van der Waals surface area (Å²) in [5.74, 6) is -0.207. The van der Waals surface area contributed by atoms with E-state index in [9.17, 15) is 9.90 Å². The van der Waals surface area contributed by atoms with Gasteiger partial charge in [0.2, 0.25) is 5.88 Å². The second-order valence-electron chi connectivity index (χ2n) is 7.97. The van der Waals surface area contributed by atoms with Gasteiger partial charge in [-0.2, -0.15) is 0 Å². The van der Waals surface area contributed by atoms with Crippen molar-refractivity contribution in [2.45, 2.75) is 13.8 Å². The molecule has 1 aliphatic rings. The number of rotatable bonds is 3. The Bertz CT molecular complexity index is 1580.